The van der Waals surface area contributed by atoms with Gasteiger partial charge in [-0.15, -0.1) is 0 Å². The number of rotatable bonds is 6. The van der Waals surface area contributed by atoms with Crippen LogP contribution >= 0.6 is 0 Å². The fraction of sp³-hybridized carbons (Fsp3) is 0.136. The second-order valence-electron chi connectivity index (χ2n) is 14.6. The van der Waals surface area contributed by atoms with Gasteiger partial charge in [-0.25, -0.2) is 9.59 Å². The molecule has 0 spiro atoms. The number of phenols is 15. The van der Waals surface area contributed by atoms with Crippen LogP contribution in [0, 0.1) is 0 Å². The van der Waals surface area contributed by atoms with Gasteiger partial charge in [0.05, 0.1) is 11.1 Å². The predicted molar refractivity (Wildman–Crippen MR) is 216 cm³/mol. The van der Waals surface area contributed by atoms with Crippen molar-refractivity contribution in [3.63, 3.8) is 0 Å². The van der Waals surface area contributed by atoms with Crippen molar-refractivity contribution in [3.05, 3.63) is 112 Å². The van der Waals surface area contributed by atoms with Gasteiger partial charge in [-0.3, -0.25) is 0 Å². The van der Waals surface area contributed by atoms with Crippen LogP contribution in [0.3, 0.4) is 0 Å². The maximum atomic E-state index is 12.7. The lowest BCUT2D eigenvalue weighted by atomic mass is 9.93. The minimum Gasteiger partial charge on any atom is -0.508 e. The van der Waals surface area contributed by atoms with Gasteiger partial charge in [0.2, 0.25) is 0 Å². The van der Waals surface area contributed by atoms with Crippen molar-refractivity contribution in [2.24, 2.45) is 0 Å². The Morgan fingerprint density at radius 1 is 0.400 bits per heavy atom. The van der Waals surface area contributed by atoms with Crippen LogP contribution in [0.25, 0.3) is 0 Å². The highest BCUT2D eigenvalue weighted by Crippen LogP contribution is 2.47. The maximum absolute atomic E-state index is 12.7. The smallest absolute Gasteiger partial charge is 0.338 e. The molecule has 4 atom stereocenters. The summed E-state index contributed by atoms with van der Waals surface area (Å²) in [6, 6.07) is 14.2. The van der Waals surface area contributed by atoms with E-state index in [-0.39, 0.29) is 80.9 Å². The average Bonchev–Trinajstić information content (AvgIpc) is 3.24. The summed E-state index contributed by atoms with van der Waals surface area (Å²) in [4.78, 5) is 25.4. The second-order valence-corrected chi connectivity index (χ2v) is 14.6. The van der Waals surface area contributed by atoms with E-state index in [9.17, 15) is 86.2 Å². The zero-order valence-electron chi connectivity index (χ0n) is 32.9. The molecule has 0 saturated heterocycles. The van der Waals surface area contributed by atoms with E-state index in [4.69, 9.17) is 18.9 Å². The number of aromatic hydroxyl groups is 15. The number of phenolic OH excluding ortho intramolecular Hbond substituents is 15. The van der Waals surface area contributed by atoms with Crippen LogP contribution in [-0.4, -0.2) is 101 Å². The molecule has 0 amide bonds. The summed E-state index contributed by atoms with van der Waals surface area (Å²) >= 11 is 0. The van der Waals surface area contributed by atoms with Gasteiger partial charge in [-0.1, -0.05) is 6.07 Å². The SMILES string of the molecule is O=C(O[C@@H]1Cc2c(O)cc(O)cc2O[C@@H]1c1cc(O)c(O)c(O)c1)c1cc(O)c(O)c(O)c1.O=C(O[C@@H]1Cc2c(O)cc(O)cc2O[C@@H]1c1ccc(O)c(O)c1)c1cc(O)c(O)c(O)c1. The van der Waals surface area contributed by atoms with Crippen molar-refractivity contribution in [1.82, 2.24) is 0 Å². The van der Waals surface area contributed by atoms with Gasteiger partial charge >= 0.3 is 11.9 Å². The number of carbonyl (C=O) groups excluding carboxylic acids is 2. The molecule has 0 radical (unpaired) electrons. The number of ether oxygens (including phenoxy) is 4. The van der Waals surface area contributed by atoms with Crippen molar-refractivity contribution in [2.45, 2.75) is 37.3 Å². The zero-order valence-corrected chi connectivity index (χ0v) is 32.9. The molecular weight excluding hydrogens is 864 g/mol. The Morgan fingerprint density at radius 3 is 1.14 bits per heavy atom. The van der Waals surface area contributed by atoms with Gasteiger partial charge in [-0.2, -0.15) is 0 Å². The molecule has 0 unspecified atom stereocenters. The molecule has 65 heavy (non-hydrogen) atoms. The molecule has 338 valence electrons. The van der Waals surface area contributed by atoms with Crippen molar-refractivity contribution >= 4 is 11.9 Å². The number of carbonyl (C=O) groups is 2. The van der Waals surface area contributed by atoms with E-state index >= 15 is 0 Å². The molecule has 21 heteroatoms. The minimum atomic E-state index is -1.18. The monoisotopic (exact) mass is 900 g/mol. The second kappa shape index (κ2) is 17.0. The molecule has 0 aliphatic carbocycles. The summed E-state index contributed by atoms with van der Waals surface area (Å²) in [6.07, 6.45) is -4.61. The molecule has 6 aromatic carbocycles. The summed E-state index contributed by atoms with van der Waals surface area (Å²) < 4.78 is 22.7. The van der Waals surface area contributed by atoms with Crippen LogP contribution in [0.5, 0.6) is 97.7 Å². The van der Waals surface area contributed by atoms with Gasteiger partial charge in [-0.05, 0) is 48.5 Å². The Kier molecular flexibility index (Phi) is 11.5. The van der Waals surface area contributed by atoms with E-state index in [1.807, 2.05) is 0 Å². The van der Waals surface area contributed by atoms with Crippen molar-refractivity contribution in [3.8, 4) is 97.7 Å². The lowest BCUT2D eigenvalue weighted by molar-refractivity contribution is -0.0192. The quantitative estimate of drug-likeness (QED) is 0.0791. The molecule has 0 saturated carbocycles. The van der Waals surface area contributed by atoms with E-state index in [0.29, 0.717) is 5.56 Å². The zero-order chi connectivity index (χ0) is 47.2. The first kappa shape index (κ1) is 43.9. The van der Waals surface area contributed by atoms with E-state index < -0.39 is 93.8 Å². The van der Waals surface area contributed by atoms with Crippen LogP contribution in [0.2, 0.25) is 0 Å². The number of fused-ring (bicyclic) bond motifs is 2. The summed E-state index contributed by atoms with van der Waals surface area (Å²) in [5.74, 6) is -10.5. The molecule has 8 rings (SSSR count). The van der Waals surface area contributed by atoms with Crippen LogP contribution in [0.1, 0.15) is 55.2 Å². The summed E-state index contributed by atoms with van der Waals surface area (Å²) in [7, 11) is 0. The van der Waals surface area contributed by atoms with E-state index in [0.717, 1.165) is 48.5 Å². The van der Waals surface area contributed by atoms with Gasteiger partial charge in [0.25, 0.3) is 0 Å². The van der Waals surface area contributed by atoms with Crippen LogP contribution in [0.4, 0.5) is 0 Å². The average molecular weight is 901 g/mol. The third-order valence-electron chi connectivity index (χ3n) is 10.2. The highest BCUT2D eigenvalue weighted by atomic mass is 16.6. The van der Waals surface area contributed by atoms with Gasteiger partial charge in [0, 0.05) is 59.4 Å². The van der Waals surface area contributed by atoms with E-state index in [1.165, 1.54) is 30.3 Å². The molecule has 6 aromatic rings. The Morgan fingerprint density at radius 2 is 0.754 bits per heavy atom. The fourth-order valence-corrected chi connectivity index (χ4v) is 7.03. The lowest BCUT2D eigenvalue weighted by Gasteiger charge is -2.34. The van der Waals surface area contributed by atoms with E-state index in [2.05, 4.69) is 0 Å². The predicted octanol–water partition coefficient (Wildman–Crippen LogP) is 4.76. The first-order chi connectivity index (χ1) is 30.7. The molecule has 0 aromatic heterocycles. The highest BCUT2D eigenvalue weighted by Gasteiger charge is 2.39. The molecule has 15 N–H and O–H groups in total. The normalized spacial score (nSPS) is 17.2. The Balaban J connectivity index is 0.000000194. The molecule has 21 nitrogen and oxygen atoms in total. The Bertz CT molecular complexity index is 2800. The van der Waals surface area contributed by atoms with Crippen molar-refractivity contribution in [1.29, 1.82) is 0 Å². The topological polar surface area (TPSA) is 375 Å². The highest BCUT2D eigenvalue weighted by molar-refractivity contribution is 5.92. The summed E-state index contributed by atoms with van der Waals surface area (Å²) in [5, 5.41) is 146. The standard InChI is InChI=1S/C22H18O11.C22H18O10/c23-10-5-12(24)11-7-18(33-22(31)9-3-15(27)20(30)16(28)4-9)21(32-17(11)6-10)8-1-13(25)19(29)14(26)2-8;23-11-6-14(25)12-8-19(32-22(30)10-4-16(27)20(29)17(28)5-10)21(31-18(12)7-11)9-1-2-13(24)15(26)3-9/h1-6,18,21,23-30H,7H2;1-7,19,21,23-29H,8H2/t18-,21-;19-,21-/m11/s1. The largest absolute Gasteiger partial charge is 0.508 e. The lowest BCUT2D eigenvalue weighted by Crippen LogP contribution is -2.34. The van der Waals surface area contributed by atoms with Crippen LogP contribution in [0.15, 0.2) is 78.9 Å². The minimum absolute atomic E-state index is 0.0461. The van der Waals surface area contributed by atoms with Crippen molar-refractivity contribution < 1.29 is 105 Å². The molecule has 0 bridgehead atoms. The van der Waals surface area contributed by atoms with Crippen molar-refractivity contribution in [2.75, 3.05) is 0 Å². The number of benzene rings is 6. The van der Waals surface area contributed by atoms with Gasteiger partial charge in [0.15, 0.2) is 75.5 Å². The maximum Gasteiger partial charge on any atom is 0.338 e. The third-order valence-corrected chi connectivity index (χ3v) is 10.2. The molecular formula is C44H36O21. The number of hydrogen-bond acceptors (Lipinski definition) is 21. The summed E-state index contributed by atoms with van der Waals surface area (Å²) in [6.45, 7) is 0. The molecule has 2 aliphatic rings. The Hall–Kier alpha value is -9.14. The van der Waals surface area contributed by atoms with E-state index in [1.54, 1.807) is 0 Å². The van der Waals surface area contributed by atoms with Crippen LogP contribution in [-0.2, 0) is 22.3 Å². The first-order valence-corrected chi connectivity index (χ1v) is 18.8. The molecule has 2 heterocycles. The Labute approximate surface area is 363 Å². The first-order valence-electron chi connectivity index (χ1n) is 18.8. The van der Waals surface area contributed by atoms with Gasteiger partial charge in [0.1, 0.15) is 46.7 Å². The molecule has 0 fully saturated rings. The summed E-state index contributed by atoms with van der Waals surface area (Å²) in [5.41, 5.74) is 0.305. The van der Waals surface area contributed by atoms with Crippen LogP contribution < -0.4 is 9.47 Å². The number of hydrogen-bond donors (Lipinski definition) is 15. The fourth-order valence-electron chi connectivity index (χ4n) is 7.03. The number of esters is 2. The molecule has 2 aliphatic heterocycles. The van der Waals surface area contributed by atoms with Gasteiger partial charge < -0.3 is 95.5 Å². The third kappa shape index (κ3) is 8.82.